The second-order valence-corrected chi connectivity index (χ2v) is 7.84. The van der Waals surface area contributed by atoms with Gasteiger partial charge in [0.2, 0.25) is 5.88 Å². The summed E-state index contributed by atoms with van der Waals surface area (Å²) >= 11 is 0. The van der Waals surface area contributed by atoms with Crippen LogP contribution in [0.25, 0.3) is 22.2 Å². The number of morpholine rings is 1. The van der Waals surface area contributed by atoms with Gasteiger partial charge in [0.1, 0.15) is 5.82 Å². The standard InChI is InChI=1S/C25H24FN5O2/c1-16-24(17-6-7-28-22(12-17)32-2)30-21-5-3-4-20(26)23(21)25(16)29-18-13-19(15-27-14-18)31-8-10-33-11-9-31/h3-7,12-15H,8-11H2,1-2H3,(H,29,30). The first-order valence-electron chi connectivity index (χ1n) is 10.8. The molecule has 5 rings (SSSR count). The molecule has 33 heavy (non-hydrogen) atoms. The summed E-state index contributed by atoms with van der Waals surface area (Å²) in [4.78, 5) is 15.6. The number of benzene rings is 1. The molecule has 0 unspecified atom stereocenters. The van der Waals surface area contributed by atoms with Gasteiger partial charge in [0.15, 0.2) is 0 Å². The largest absolute Gasteiger partial charge is 0.481 e. The van der Waals surface area contributed by atoms with Gasteiger partial charge in [0.25, 0.3) is 0 Å². The van der Waals surface area contributed by atoms with Crippen molar-refractivity contribution in [1.82, 2.24) is 15.0 Å². The fourth-order valence-electron chi connectivity index (χ4n) is 4.10. The zero-order valence-corrected chi connectivity index (χ0v) is 18.5. The lowest BCUT2D eigenvalue weighted by atomic mass is 10.0. The maximum atomic E-state index is 15.0. The number of hydrogen-bond acceptors (Lipinski definition) is 7. The van der Waals surface area contributed by atoms with Crippen LogP contribution in [0.15, 0.2) is 55.0 Å². The highest BCUT2D eigenvalue weighted by atomic mass is 19.1. The van der Waals surface area contributed by atoms with E-state index in [9.17, 15) is 0 Å². The van der Waals surface area contributed by atoms with Crippen LogP contribution in [0.1, 0.15) is 5.56 Å². The molecule has 4 aromatic rings. The number of rotatable bonds is 5. The predicted molar refractivity (Wildman–Crippen MR) is 127 cm³/mol. The summed E-state index contributed by atoms with van der Waals surface area (Å²) in [6, 6.07) is 10.7. The van der Waals surface area contributed by atoms with Crippen molar-refractivity contribution in [3.8, 4) is 17.1 Å². The lowest BCUT2D eigenvalue weighted by Gasteiger charge is -2.28. The molecule has 1 aliphatic rings. The van der Waals surface area contributed by atoms with Crippen molar-refractivity contribution >= 4 is 28.0 Å². The molecule has 7 nitrogen and oxygen atoms in total. The number of anilines is 3. The Kier molecular flexibility index (Phi) is 5.75. The molecular weight excluding hydrogens is 421 g/mol. The molecule has 1 aromatic carbocycles. The molecule has 1 fully saturated rings. The topological polar surface area (TPSA) is 72.4 Å². The van der Waals surface area contributed by atoms with Crippen LogP contribution in [-0.2, 0) is 4.74 Å². The van der Waals surface area contributed by atoms with Crippen LogP contribution < -0.4 is 15.0 Å². The van der Waals surface area contributed by atoms with Crippen molar-refractivity contribution in [1.29, 1.82) is 0 Å². The van der Waals surface area contributed by atoms with Gasteiger partial charge in [-0.25, -0.2) is 14.4 Å². The molecule has 0 spiro atoms. The molecule has 8 heteroatoms. The first-order valence-corrected chi connectivity index (χ1v) is 10.8. The Labute approximate surface area is 191 Å². The first kappa shape index (κ1) is 21.1. The van der Waals surface area contributed by atoms with E-state index < -0.39 is 0 Å². The van der Waals surface area contributed by atoms with Crippen molar-refractivity contribution in [2.75, 3.05) is 43.6 Å². The maximum Gasteiger partial charge on any atom is 0.213 e. The summed E-state index contributed by atoms with van der Waals surface area (Å²) in [6.45, 7) is 4.93. The quantitative estimate of drug-likeness (QED) is 0.476. The molecule has 168 valence electrons. The van der Waals surface area contributed by atoms with Gasteiger partial charge >= 0.3 is 0 Å². The lowest BCUT2D eigenvalue weighted by Crippen LogP contribution is -2.36. The molecule has 1 aliphatic heterocycles. The highest BCUT2D eigenvalue weighted by Gasteiger charge is 2.18. The van der Waals surface area contributed by atoms with Crippen molar-refractivity contribution in [3.63, 3.8) is 0 Å². The van der Waals surface area contributed by atoms with Crippen molar-refractivity contribution < 1.29 is 13.9 Å². The van der Waals surface area contributed by atoms with E-state index in [2.05, 4.69) is 20.2 Å². The maximum absolute atomic E-state index is 15.0. The predicted octanol–water partition coefficient (Wildman–Crippen LogP) is 4.73. The molecule has 3 aromatic heterocycles. The average molecular weight is 445 g/mol. The Bertz CT molecular complexity index is 1310. The van der Waals surface area contributed by atoms with E-state index >= 15 is 4.39 Å². The van der Waals surface area contributed by atoms with Crippen LogP contribution in [0.4, 0.5) is 21.5 Å². The number of ether oxygens (including phenoxy) is 2. The fraction of sp³-hybridized carbons (Fsp3) is 0.240. The fourth-order valence-corrected chi connectivity index (χ4v) is 4.10. The number of methoxy groups -OCH3 is 1. The van der Waals surface area contributed by atoms with E-state index in [-0.39, 0.29) is 5.82 Å². The van der Waals surface area contributed by atoms with Crippen molar-refractivity contribution in [2.24, 2.45) is 0 Å². The van der Waals surface area contributed by atoms with Crippen molar-refractivity contribution in [3.05, 3.63) is 66.4 Å². The Hall–Kier alpha value is -3.78. The number of nitrogens with zero attached hydrogens (tertiary/aromatic N) is 4. The van der Waals surface area contributed by atoms with Crippen LogP contribution in [0, 0.1) is 12.7 Å². The van der Waals surface area contributed by atoms with Crippen molar-refractivity contribution in [2.45, 2.75) is 6.92 Å². The molecule has 0 radical (unpaired) electrons. The third kappa shape index (κ3) is 4.17. The third-order valence-electron chi connectivity index (χ3n) is 5.79. The smallest absolute Gasteiger partial charge is 0.213 e. The lowest BCUT2D eigenvalue weighted by molar-refractivity contribution is 0.122. The summed E-state index contributed by atoms with van der Waals surface area (Å²) in [5.74, 6) is 0.159. The van der Waals surface area contributed by atoms with Gasteiger partial charge in [0.05, 0.1) is 66.4 Å². The molecule has 0 atom stereocenters. The molecule has 0 amide bonds. The molecule has 4 heterocycles. The number of hydrogen-bond donors (Lipinski definition) is 1. The minimum Gasteiger partial charge on any atom is -0.481 e. The van der Waals surface area contributed by atoms with E-state index in [1.54, 1.807) is 25.6 Å². The van der Waals surface area contributed by atoms with Crippen LogP contribution in [0.3, 0.4) is 0 Å². The van der Waals surface area contributed by atoms with E-state index in [1.807, 2.05) is 37.4 Å². The second-order valence-electron chi connectivity index (χ2n) is 7.84. The minimum absolute atomic E-state index is 0.332. The minimum atomic E-state index is -0.332. The number of halogens is 1. The molecule has 0 bridgehead atoms. The van der Waals surface area contributed by atoms with Gasteiger partial charge < -0.3 is 19.7 Å². The normalized spacial score (nSPS) is 13.8. The molecule has 0 aliphatic carbocycles. The monoisotopic (exact) mass is 445 g/mol. The number of pyridine rings is 3. The summed E-state index contributed by atoms with van der Waals surface area (Å²) in [5, 5.41) is 3.87. The summed E-state index contributed by atoms with van der Waals surface area (Å²) in [6.07, 6.45) is 5.25. The Balaban J connectivity index is 1.62. The van der Waals surface area contributed by atoms with Gasteiger partial charge in [-0.15, -0.1) is 0 Å². The Morgan fingerprint density at radius 1 is 1.12 bits per heavy atom. The zero-order chi connectivity index (χ0) is 22.8. The van der Waals surface area contributed by atoms with Crippen LogP contribution in [0.5, 0.6) is 5.88 Å². The van der Waals surface area contributed by atoms with Gasteiger partial charge in [-0.2, -0.15) is 0 Å². The third-order valence-corrected chi connectivity index (χ3v) is 5.79. The summed E-state index contributed by atoms with van der Waals surface area (Å²) in [5.41, 5.74) is 5.38. The summed E-state index contributed by atoms with van der Waals surface area (Å²) < 4.78 is 25.7. The molecule has 1 saturated heterocycles. The first-order chi connectivity index (χ1) is 16.1. The van der Waals surface area contributed by atoms with Gasteiger partial charge in [-0.1, -0.05) is 6.07 Å². The van der Waals surface area contributed by atoms with Crippen LogP contribution in [0.2, 0.25) is 0 Å². The van der Waals surface area contributed by atoms with Gasteiger partial charge in [-0.3, -0.25) is 4.98 Å². The van der Waals surface area contributed by atoms with E-state index in [0.717, 1.165) is 41.3 Å². The van der Waals surface area contributed by atoms with E-state index in [0.29, 0.717) is 35.7 Å². The van der Waals surface area contributed by atoms with Gasteiger partial charge in [0, 0.05) is 30.9 Å². The van der Waals surface area contributed by atoms with Gasteiger partial charge in [-0.05, 0) is 36.8 Å². The van der Waals surface area contributed by atoms with Crippen LogP contribution >= 0.6 is 0 Å². The second kappa shape index (κ2) is 8.99. The molecule has 1 N–H and O–H groups in total. The highest BCUT2D eigenvalue weighted by molar-refractivity contribution is 5.98. The zero-order valence-electron chi connectivity index (χ0n) is 18.5. The summed E-state index contributed by atoms with van der Waals surface area (Å²) in [7, 11) is 1.57. The molecular formula is C25H24FN5O2. The number of aromatic nitrogens is 3. The Morgan fingerprint density at radius 3 is 2.79 bits per heavy atom. The number of nitrogens with one attached hydrogen (secondary N) is 1. The average Bonchev–Trinajstić information content (AvgIpc) is 2.86. The highest BCUT2D eigenvalue weighted by Crippen LogP contribution is 2.37. The SMILES string of the molecule is COc1cc(-c2nc3cccc(F)c3c(Nc3cncc(N4CCOCC4)c3)c2C)ccn1. The van der Waals surface area contributed by atoms with E-state index in [4.69, 9.17) is 14.5 Å². The molecule has 0 saturated carbocycles. The van der Waals surface area contributed by atoms with E-state index in [1.165, 1.54) is 6.07 Å². The number of fused-ring (bicyclic) bond motifs is 1. The van der Waals surface area contributed by atoms with Crippen LogP contribution in [-0.4, -0.2) is 48.4 Å². The Morgan fingerprint density at radius 2 is 1.97 bits per heavy atom.